The minimum absolute atomic E-state index is 0.0762. The minimum atomic E-state index is -4.02. The molecule has 0 saturated carbocycles. The maximum atomic E-state index is 13.3. The minimum Gasteiger partial charge on any atom is -0.339 e. The van der Waals surface area contributed by atoms with Crippen LogP contribution < -0.4 is 4.72 Å². The molecule has 2 rings (SSSR count). The number of carbonyl (C=O) groups is 1. The van der Waals surface area contributed by atoms with Crippen LogP contribution in [0.5, 0.6) is 0 Å². The Morgan fingerprint density at radius 1 is 1.17 bits per heavy atom. The molecule has 9 heteroatoms. The van der Waals surface area contributed by atoms with Crippen LogP contribution in [0.3, 0.4) is 0 Å². The van der Waals surface area contributed by atoms with Crippen LogP contribution in [0.15, 0.2) is 52.3 Å². The van der Waals surface area contributed by atoms with Crippen molar-refractivity contribution < 1.29 is 17.6 Å². The number of anilines is 1. The van der Waals surface area contributed by atoms with Crippen LogP contribution in [0, 0.1) is 5.82 Å². The van der Waals surface area contributed by atoms with Gasteiger partial charge in [-0.1, -0.05) is 11.6 Å². The third-order valence-corrected chi connectivity index (χ3v) is 5.77. The second-order valence-corrected chi connectivity index (χ2v) is 8.05. The Morgan fingerprint density at radius 2 is 1.79 bits per heavy atom. The summed E-state index contributed by atoms with van der Waals surface area (Å²) in [6, 6.07) is 9.35. The van der Waals surface area contributed by atoms with E-state index in [1.165, 1.54) is 23.1 Å². The number of hydrogen-bond donors (Lipinski definition) is 1. The summed E-state index contributed by atoms with van der Waals surface area (Å²) in [5, 5.41) is -0.220. The van der Waals surface area contributed by atoms with Gasteiger partial charge in [0.1, 0.15) is 10.7 Å². The van der Waals surface area contributed by atoms with Gasteiger partial charge in [-0.3, -0.25) is 9.52 Å². The highest BCUT2D eigenvalue weighted by atomic mass is 35.5. The van der Waals surface area contributed by atoms with Crippen LogP contribution in [0.1, 0.15) is 0 Å². The van der Waals surface area contributed by atoms with Gasteiger partial charge in [0.25, 0.3) is 15.3 Å². The summed E-state index contributed by atoms with van der Waals surface area (Å²) in [6.07, 6.45) is 0. The Morgan fingerprint density at radius 3 is 2.38 bits per heavy atom. The maximum absolute atomic E-state index is 13.3. The molecule has 128 valence electrons. The van der Waals surface area contributed by atoms with E-state index >= 15 is 0 Å². The first-order chi connectivity index (χ1) is 11.2. The Kier molecular flexibility index (Phi) is 5.74. The normalized spacial score (nSPS) is 11.2. The first-order valence-corrected chi connectivity index (χ1v) is 9.34. The summed E-state index contributed by atoms with van der Waals surface area (Å²) in [5.41, 5.74) is 0.275. The van der Waals surface area contributed by atoms with Crippen LogP contribution in [0.25, 0.3) is 0 Å². The number of amides is 1. The SMILES string of the molecule is CN(C)C(=O)Sc1ccc(NS(=O)(=O)c2cc(F)ccc2Cl)cc1. The van der Waals surface area contributed by atoms with E-state index in [9.17, 15) is 17.6 Å². The summed E-state index contributed by atoms with van der Waals surface area (Å²) in [4.78, 5) is 13.4. The molecule has 0 bridgehead atoms. The summed E-state index contributed by atoms with van der Waals surface area (Å²) < 4.78 is 40.2. The van der Waals surface area contributed by atoms with Gasteiger partial charge in [-0.05, 0) is 54.2 Å². The molecule has 0 aliphatic carbocycles. The molecule has 0 radical (unpaired) electrons. The molecule has 0 fully saturated rings. The molecule has 0 aromatic heterocycles. The zero-order chi connectivity index (χ0) is 17.9. The van der Waals surface area contributed by atoms with E-state index in [0.717, 1.165) is 23.9 Å². The van der Waals surface area contributed by atoms with Crippen LogP contribution in [-0.4, -0.2) is 32.7 Å². The lowest BCUT2D eigenvalue weighted by Crippen LogP contribution is -2.16. The van der Waals surface area contributed by atoms with Crippen molar-refractivity contribution in [3.8, 4) is 0 Å². The monoisotopic (exact) mass is 388 g/mol. The average Bonchev–Trinajstić information content (AvgIpc) is 2.51. The maximum Gasteiger partial charge on any atom is 0.285 e. The molecule has 0 spiro atoms. The fourth-order valence-electron chi connectivity index (χ4n) is 1.68. The zero-order valence-electron chi connectivity index (χ0n) is 12.8. The average molecular weight is 389 g/mol. The second-order valence-electron chi connectivity index (χ2n) is 4.97. The number of carbonyl (C=O) groups excluding carboxylic acids is 1. The predicted molar refractivity (Wildman–Crippen MR) is 93.6 cm³/mol. The molecule has 0 aliphatic rings. The molecule has 2 aromatic rings. The van der Waals surface area contributed by atoms with Gasteiger partial charge < -0.3 is 4.90 Å². The third kappa shape index (κ3) is 4.62. The van der Waals surface area contributed by atoms with Gasteiger partial charge in [0, 0.05) is 24.7 Å². The Hall–Kier alpha value is -1.77. The fourth-order valence-corrected chi connectivity index (χ4v) is 3.90. The quantitative estimate of drug-likeness (QED) is 0.802. The molecule has 0 heterocycles. The van der Waals surface area contributed by atoms with Gasteiger partial charge in [0.05, 0.1) is 5.02 Å². The summed E-state index contributed by atoms with van der Waals surface area (Å²) >= 11 is 6.85. The van der Waals surface area contributed by atoms with Crippen molar-refractivity contribution in [2.24, 2.45) is 0 Å². The van der Waals surface area contributed by atoms with Crippen molar-refractivity contribution in [3.05, 3.63) is 53.3 Å². The van der Waals surface area contributed by atoms with Crippen LogP contribution in [-0.2, 0) is 10.0 Å². The fraction of sp³-hybridized carbons (Fsp3) is 0.133. The molecular weight excluding hydrogens is 375 g/mol. The first kappa shape index (κ1) is 18.6. The third-order valence-electron chi connectivity index (χ3n) is 2.86. The topological polar surface area (TPSA) is 66.5 Å². The highest BCUT2D eigenvalue weighted by molar-refractivity contribution is 8.13. The number of halogens is 2. The molecule has 1 N–H and O–H groups in total. The Balaban J connectivity index is 2.18. The first-order valence-electron chi connectivity index (χ1n) is 6.66. The predicted octanol–water partition coefficient (Wildman–Crippen LogP) is 4.05. The number of benzene rings is 2. The highest BCUT2D eigenvalue weighted by Crippen LogP contribution is 2.26. The summed E-state index contributed by atoms with van der Waals surface area (Å²) in [5.74, 6) is -0.700. The van der Waals surface area contributed by atoms with Gasteiger partial charge in [-0.15, -0.1) is 0 Å². The Labute approximate surface area is 148 Å². The zero-order valence-corrected chi connectivity index (χ0v) is 15.2. The van der Waals surface area contributed by atoms with Gasteiger partial charge in [0.2, 0.25) is 0 Å². The molecule has 2 aromatic carbocycles. The lowest BCUT2D eigenvalue weighted by atomic mass is 10.3. The summed E-state index contributed by atoms with van der Waals surface area (Å²) in [7, 11) is -0.741. The molecule has 0 atom stereocenters. The molecule has 5 nitrogen and oxygen atoms in total. The van der Waals surface area contributed by atoms with Crippen molar-refractivity contribution in [2.75, 3.05) is 18.8 Å². The van der Waals surface area contributed by atoms with Crippen LogP contribution in [0.4, 0.5) is 14.9 Å². The number of sulfonamides is 1. The standard InChI is InChI=1S/C15H14ClFN2O3S2/c1-19(2)15(20)23-12-6-4-11(5-7-12)18-24(21,22)14-9-10(17)3-8-13(14)16/h3-9,18H,1-2H3. The Bertz CT molecular complexity index is 856. The van der Waals surface area contributed by atoms with E-state index in [4.69, 9.17) is 11.6 Å². The lowest BCUT2D eigenvalue weighted by Gasteiger charge is -2.11. The van der Waals surface area contributed by atoms with E-state index < -0.39 is 15.8 Å². The van der Waals surface area contributed by atoms with E-state index in [0.29, 0.717) is 4.90 Å². The lowest BCUT2D eigenvalue weighted by molar-refractivity contribution is 0.241. The van der Waals surface area contributed by atoms with Crippen molar-refractivity contribution in [2.45, 2.75) is 9.79 Å². The summed E-state index contributed by atoms with van der Waals surface area (Å²) in [6.45, 7) is 0. The molecule has 0 saturated heterocycles. The second kappa shape index (κ2) is 7.42. The van der Waals surface area contributed by atoms with E-state index in [2.05, 4.69) is 4.72 Å². The number of hydrogen-bond acceptors (Lipinski definition) is 4. The molecule has 0 unspecified atom stereocenters. The number of rotatable bonds is 4. The largest absolute Gasteiger partial charge is 0.339 e. The van der Waals surface area contributed by atoms with E-state index in [-0.39, 0.29) is 20.8 Å². The van der Waals surface area contributed by atoms with Gasteiger partial charge in [0.15, 0.2) is 0 Å². The van der Waals surface area contributed by atoms with Crippen molar-refractivity contribution in [1.82, 2.24) is 4.90 Å². The van der Waals surface area contributed by atoms with Gasteiger partial charge in [-0.25, -0.2) is 12.8 Å². The van der Waals surface area contributed by atoms with Crippen LogP contribution in [0.2, 0.25) is 5.02 Å². The van der Waals surface area contributed by atoms with Crippen molar-refractivity contribution in [3.63, 3.8) is 0 Å². The van der Waals surface area contributed by atoms with Gasteiger partial charge >= 0.3 is 0 Å². The molecular formula is C15H14ClFN2O3S2. The molecule has 24 heavy (non-hydrogen) atoms. The molecule has 0 aliphatic heterocycles. The van der Waals surface area contributed by atoms with Gasteiger partial charge in [-0.2, -0.15) is 0 Å². The van der Waals surface area contributed by atoms with E-state index in [1.54, 1.807) is 26.2 Å². The van der Waals surface area contributed by atoms with Crippen molar-refractivity contribution in [1.29, 1.82) is 0 Å². The van der Waals surface area contributed by atoms with E-state index in [1.807, 2.05) is 0 Å². The number of thioether (sulfide) groups is 1. The number of nitrogens with zero attached hydrogens (tertiary/aromatic N) is 1. The van der Waals surface area contributed by atoms with Crippen molar-refractivity contribution >= 4 is 44.3 Å². The smallest absolute Gasteiger partial charge is 0.285 e. The highest BCUT2D eigenvalue weighted by Gasteiger charge is 2.19. The molecule has 1 amide bonds. The number of nitrogens with one attached hydrogen (secondary N) is 1. The van der Waals surface area contributed by atoms with Crippen LogP contribution >= 0.6 is 23.4 Å².